The summed E-state index contributed by atoms with van der Waals surface area (Å²) in [6.07, 6.45) is 4.42. The van der Waals surface area contributed by atoms with E-state index in [2.05, 4.69) is 54.0 Å². The van der Waals surface area contributed by atoms with E-state index in [9.17, 15) is 19.2 Å². The molecule has 0 aliphatic heterocycles. The molecule has 0 unspecified atom stereocenters. The summed E-state index contributed by atoms with van der Waals surface area (Å²) in [5, 5.41) is 8.93. The molecule has 18 nitrogen and oxygen atoms in total. The Bertz CT molecular complexity index is 2960. The first kappa shape index (κ1) is 46.9. The summed E-state index contributed by atoms with van der Waals surface area (Å²) in [5.41, 5.74) is 17.2. The minimum absolute atomic E-state index is 0.0522. The van der Waals surface area contributed by atoms with Crippen molar-refractivity contribution >= 4 is 54.0 Å². The third-order valence-electron chi connectivity index (χ3n) is 11.8. The van der Waals surface area contributed by atoms with E-state index in [0.717, 1.165) is 0 Å². The van der Waals surface area contributed by atoms with E-state index in [1.807, 2.05) is 49.0 Å². The van der Waals surface area contributed by atoms with Gasteiger partial charge >= 0.3 is 0 Å². The highest BCUT2D eigenvalue weighted by Crippen LogP contribution is 2.36. The normalized spacial score (nSPS) is 13.0. The number of hydrogen-bond acceptors (Lipinski definition) is 8. The minimum Gasteiger partial charge on any atom is -0.491 e. The number of aryl methyl sites for hydroxylation is 6. The van der Waals surface area contributed by atoms with Crippen molar-refractivity contribution in [3.63, 3.8) is 0 Å². The summed E-state index contributed by atoms with van der Waals surface area (Å²) in [6, 6.07) is 11.8. The van der Waals surface area contributed by atoms with Crippen LogP contribution in [0.5, 0.6) is 5.75 Å². The van der Waals surface area contributed by atoms with E-state index in [1.54, 1.807) is 75.1 Å². The number of nitrogens with zero attached hydrogens (tertiary/aromatic N) is 10. The molecule has 0 aliphatic carbocycles. The third-order valence-corrected chi connectivity index (χ3v) is 16.3. The Morgan fingerprint density at radius 1 is 0.719 bits per heavy atom. The van der Waals surface area contributed by atoms with Crippen molar-refractivity contribution < 1.29 is 28.3 Å². The number of fused-ring (bicyclic) bond motifs is 2. The average Bonchev–Trinajstić information content (AvgIpc) is 3.96. The lowest BCUT2D eigenvalue weighted by Crippen LogP contribution is -2.41. The number of benzene rings is 2. The Morgan fingerprint density at radius 3 is 1.77 bits per heavy atom. The van der Waals surface area contributed by atoms with Gasteiger partial charge in [-0.1, -0.05) is 32.9 Å². The molecule has 0 saturated heterocycles. The molecule has 19 heteroatoms. The first-order chi connectivity index (χ1) is 30.2. The van der Waals surface area contributed by atoms with E-state index in [-0.39, 0.29) is 30.3 Å². The summed E-state index contributed by atoms with van der Waals surface area (Å²) in [7, 11) is 1.55. The molecule has 0 fully saturated rings. The number of hydrogen-bond donors (Lipinski definition) is 2. The van der Waals surface area contributed by atoms with Crippen LogP contribution in [0.1, 0.15) is 94.1 Å². The molecule has 6 aromatic rings. The highest BCUT2D eigenvalue weighted by Gasteiger charge is 2.37. The Hall–Kier alpha value is -6.60. The van der Waals surface area contributed by atoms with Crippen molar-refractivity contribution in [3.05, 3.63) is 99.8 Å². The molecule has 4 amide bonds. The van der Waals surface area contributed by atoms with Crippen molar-refractivity contribution in [2.45, 2.75) is 99.2 Å². The predicted molar refractivity (Wildman–Crippen MR) is 246 cm³/mol. The number of primary amides is 2. The Morgan fingerprint density at radius 2 is 1.23 bits per heavy atom. The van der Waals surface area contributed by atoms with E-state index >= 15 is 0 Å². The van der Waals surface area contributed by atoms with Gasteiger partial charge in [-0.2, -0.15) is 20.2 Å². The van der Waals surface area contributed by atoms with Crippen LogP contribution in [0.4, 0.5) is 0 Å². The lowest BCUT2D eigenvalue weighted by molar-refractivity contribution is 0.0977. The second kappa shape index (κ2) is 18.6. The Labute approximate surface area is 372 Å². The van der Waals surface area contributed by atoms with Crippen LogP contribution in [0, 0.1) is 13.8 Å². The first-order valence-corrected chi connectivity index (χ1v) is 24.3. The van der Waals surface area contributed by atoms with Crippen LogP contribution in [0.2, 0.25) is 18.1 Å². The van der Waals surface area contributed by atoms with Crippen molar-refractivity contribution in [1.29, 1.82) is 0 Å². The minimum atomic E-state index is -1.99. The second-order valence-electron chi connectivity index (χ2n) is 17.3. The van der Waals surface area contributed by atoms with Gasteiger partial charge in [0.2, 0.25) is 23.1 Å². The molecular formula is C45H60N12O6Si. The van der Waals surface area contributed by atoms with Gasteiger partial charge in [-0.05, 0) is 88.3 Å². The summed E-state index contributed by atoms with van der Waals surface area (Å²) >= 11 is 0. The quantitative estimate of drug-likeness (QED) is 0.0759. The predicted octanol–water partition coefficient (Wildman–Crippen LogP) is 5.05. The molecular weight excluding hydrogens is 833 g/mol. The zero-order valence-electron chi connectivity index (χ0n) is 38.7. The number of carbonyl (C=O) groups excluding carboxylic acids is 4. The van der Waals surface area contributed by atoms with Crippen LogP contribution in [-0.2, 0) is 44.7 Å². The molecule has 64 heavy (non-hydrogen) atoms. The summed E-state index contributed by atoms with van der Waals surface area (Å²) in [5.74, 6) is -1.80. The maximum atomic E-state index is 14.0. The number of allylic oxidation sites excluding steroid dienone is 2. The van der Waals surface area contributed by atoms with Crippen LogP contribution >= 0.6 is 0 Å². The number of aromatic nitrogens is 8. The zero-order chi connectivity index (χ0) is 46.8. The number of carbonyl (C=O) groups is 4. The van der Waals surface area contributed by atoms with E-state index in [0.29, 0.717) is 93.5 Å². The Balaban J connectivity index is 1.45. The summed E-state index contributed by atoms with van der Waals surface area (Å²) < 4.78 is 23.3. The maximum absolute atomic E-state index is 14.0. The molecule has 0 aliphatic rings. The van der Waals surface area contributed by atoms with Crippen molar-refractivity contribution in [2.24, 2.45) is 35.5 Å². The van der Waals surface area contributed by atoms with Gasteiger partial charge in [0.1, 0.15) is 22.7 Å². The van der Waals surface area contributed by atoms with Gasteiger partial charge in [0.15, 0.2) is 8.32 Å². The van der Waals surface area contributed by atoms with Gasteiger partial charge in [-0.3, -0.25) is 28.5 Å². The maximum Gasteiger partial charge on any atom is 0.298 e. The second-order valence-corrected chi connectivity index (χ2v) is 22.1. The van der Waals surface area contributed by atoms with Gasteiger partial charge in [0, 0.05) is 64.4 Å². The van der Waals surface area contributed by atoms with Crippen LogP contribution in [0.15, 0.2) is 64.6 Å². The fourth-order valence-electron chi connectivity index (χ4n) is 7.31. The smallest absolute Gasteiger partial charge is 0.298 e. The molecule has 0 atom stereocenters. The number of amides is 4. The number of imidazole rings is 2. The lowest BCUT2D eigenvalue weighted by Gasteiger charge is -2.36. The van der Waals surface area contributed by atoms with Gasteiger partial charge in [0.25, 0.3) is 11.8 Å². The van der Waals surface area contributed by atoms with Gasteiger partial charge in [-0.25, -0.2) is 0 Å². The zero-order valence-corrected chi connectivity index (χ0v) is 39.7. The molecule has 0 spiro atoms. The average molecular weight is 893 g/mol. The molecule has 4 aromatic heterocycles. The van der Waals surface area contributed by atoms with Crippen LogP contribution in [0.3, 0.4) is 0 Å². The van der Waals surface area contributed by atoms with Gasteiger partial charge < -0.3 is 38.9 Å². The topological polar surface area (TPSA) is 219 Å². The molecule has 0 bridgehead atoms. The van der Waals surface area contributed by atoms with E-state index in [1.165, 1.54) is 0 Å². The Kier molecular flexibility index (Phi) is 13.6. The summed E-state index contributed by atoms with van der Waals surface area (Å²) in [4.78, 5) is 61.8. The molecule has 4 N–H and O–H groups in total. The molecule has 0 saturated carbocycles. The molecule has 4 heterocycles. The van der Waals surface area contributed by atoms with Crippen molar-refractivity contribution in [1.82, 2.24) is 37.8 Å². The molecule has 340 valence electrons. The summed E-state index contributed by atoms with van der Waals surface area (Å²) in [6.45, 7) is 20.6. The first-order valence-electron chi connectivity index (χ1n) is 21.4. The highest BCUT2D eigenvalue weighted by molar-refractivity contribution is 6.74. The van der Waals surface area contributed by atoms with Crippen LogP contribution in [0.25, 0.3) is 22.1 Å². The number of ether oxygens (including phenoxy) is 1. The van der Waals surface area contributed by atoms with E-state index in [4.69, 9.17) is 20.6 Å². The van der Waals surface area contributed by atoms with Crippen molar-refractivity contribution in [2.75, 3.05) is 13.2 Å². The van der Waals surface area contributed by atoms with Crippen LogP contribution < -0.4 is 27.4 Å². The largest absolute Gasteiger partial charge is 0.491 e. The SMILES string of the molecule is CCn1nc(C)cc1C(=O)/N=c1\n(C)c2cc(C(N)=O)ccc2n1C/C=C/Cn1/c(=N/C(=O)c2cc(C)nn2CC)n(C)c2cc(C(N)=O)cc(OCCCO[Si](C)(C)C(C)(C)C)c21. The number of rotatable bonds is 16. The monoisotopic (exact) mass is 892 g/mol. The van der Waals surface area contributed by atoms with Gasteiger partial charge in [-0.15, -0.1) is 0 Å². The molecule has 2 aromatic carbocycles. The molecule has 6 rings (SSSR count). The highest BCUT2D eigenvalue weighted by atomic mass is 28.4. The lowest BCUT2D eigenvalue weighted by atomic mass is 10.1. The fraction of sp³-hybridized carbons (Fsp3) is 0.422. The third kappa shape index (κ3) is 9.49. The standard InChI is InChI=1S/C45H60N12O6Si/c1-12-56-35(23-28(3)50-56)41(60)48-43-52(8)33-25-30(39(46)58)17-18-32(33)54(43)19-14-15-20-55-38-34(53(9)44(55)49-42(61)36-24-29(4)51-57(36)13-2)26-31(40(47)59)27-37(38)62-21-16-22-63-64(10,11)45(5,6)7/h14-15,17-18,23-27H,12-13,16,19-22H2,1-11H3,(H2,46,58)(H2,47,59)/b15-14+,48-43+,49-44+. The molecule has 0 radical (unpaired) electrons. The van der Waals surface area contributed by atoms with Gasteiger partial charge in [0.05, 0.1) is 34.5 Å². The van der Waals surface area contributed by atoms with Crippen molar-refractivity contribution in [3.8, 4) is 5.75 Å². The van der Waals surface area contributed by atoms with Crippen LogP contribution in [-0.4, -0.2) is 83.0 Å². The fourth-order valence-corrected chi connectivity index (χ4v) is 8.40. The number of nitrogens with two attached hydrogens (primary N) is 2. The van der Waals surface area contributed by atoms with E-state index < -0.39 is 31.9 Å².